The summed E-state index contributed by atoms with van der Waals surface area (Å²) < 4.78 is 38.3. The summed E-state index contributed by atoms with van der Waals surface area (Å²) in [6.07, 6.45) is -4.36. The first kappa shape index (κ1) is 29.2. The van der Waals surface area contributed by atoms with Crippen LogP contribution >= 0.6 is 0 Å². The molecule has 0 radical (unpaired) electrons. The third-order valence-electron chi connectivity index (χ3n) is 5.11. The van der Waals surface area contributed by atoms with Gasteiger partial charge in [0.05, 0.1) is 19.8 Å². The number of esters is 4. The average Bonchev–Trinajstić information content (AvgIpc) is 2.82. The molecule has 36 heavy (non-hydrogen) atoms. The van der Waals surface area contributed by atoms with Gasteiger partial charge in [-0.1, -0.05) is 30.3 Å². The smallest absolute Gasteiger partial charge is 0.303 e. The summed E-state index contributed by atoms with van der Waals surface area (Å²) in [5.74, 6) is -2.77. The minimum absolute atomic E-state index is 0.0208. The summed E-state index contributed by atoms with van der Waals surface area (Å²) >= 11 is 0. The Labute approximate surface area is 210 Å². The molecule has 0 N–H and O–H groups in total. The second-order valence-electron chi connectivity index (χ2n) is 8.33. The molecule has 200 valence electrons. The Hall–Kier alpha value is -3.02. The van der Waals surface area contributed by atoms with Crippen LogP contribution in [-0.2, 0) is 58.9 Å². The Balaban J connectivity index is 2.02. The Morgan fingerprint density at radius 2 is 1.47 bits per heavy atom. The van der Waals surface area contributed by atoms with Gasteiger partial charge in [0.15, 0.2) is 24.6 Å². The molecule has 11 nitrogen and oxygen atoms in total. The van der Waals surface area contributed by atoms with Gasteiger partial charge in [-0.05, 0) is 12.0 Å². The average molecular weight is 511 g/mol. The molecule has 0 saturated carbocycles. The van der Waals surface area contributed by atoms with Gasteiger partial charge in [0, 0.05) is 40.2 Å². The van der Waals surface area contributed by atoms with Crippen LogP contribution in [0.15, 0.2) is 30.3 Å². The Morgan fingerprint density at radius 1 is 0.861 bits per heavy atom. The van der Waals surface area contributed by atoms with Crippen molar-refractivity contribution >= 4 is 23.9 Å². The normalized spacial score (nSPS) is 19.9. The van der Waals surface area contributed by atoms with Crippen molar-refractivity contribution in [3.05, 3.63) is 35.9 Å². The standard InChI is InChI=1S/C25H34O11/c1-16(26)31-15-22(34-17(2)27)23(35-18(3)28)24(36-19(4)29)25-32-13-21(14-33-25)10-11-30-12-20-8-6-5-7-9-20/h5-9,21-25H,10-15H2,1-4H3/t21?,22-,23-,24-,25?/m1/s1. The maximum atomic E-state index is 11.9. The molecule has 1 aromatic carbocycles. The van der Waals surface area contributed by atoms with Gasteiger partial charge in [-0.3, -0.25) is 19.2 Å². The van der Waals surface area contributed by atoms with Crippen molar-refractivity contribution in [2.24, 2.45) is 5.92 Å². The minimum atomic E-state index is -1.36. The molecule has 0 spiro atoms. The third-order valence-corrected chi connectivity index (χ3v) is 5.11. The summed E-state index contributed by atoms with van der Waals surface area (Å²) in [5.41, 5.74) is 1.07. The topological polar surface area (TPSA) is 133 Å². The summed E-state index contributed by atoms with van der Waals surface area (Å²) in [7, 11) is 0. The molecule has 1 aliphatic heterocycles. The maximum absolute atomic E-state index is 11.9. The van der Waals surface area contributed by atoms with Gasteiger partial charge in [0.2, 0.25) is 0 Å². The van der Waals surface area contributed by atoms with Crippen molar-refractivity contribution in [1.82, 2.24) is 0 Å². The molecule has 0 bridgehead atoms. The van der Waals surface area contributed by atoms with Crippen LogP contribution in [0.4, 0.5) is 0 Å². The molecule has 1 aliphatic rings. The van der Waals surface area contributed by atoms with Crippen LogP contribution < -0.4 is 0 Å². The molecule has 3 atom stereocenters. The fourth-order valence-corrected chi connectivity index (χ4v) is 3.55. The number of rotatable bonds is 13. The molecule has 0 unspecified atom stereocenters. The van der Waals surface area contributed by atoms with Crippen molar-refractivity contribution in [3.8, 4) is 0 Å². The zero-order chi connectivity index (χ0) is 26.5. The van der Waals surface area contributed by atoms with Crippen LogP contribution in [0.2, 0.25) is 0 Å². The third kappa shape index (κ3) is 10.7. The van der Waals surface area contributed by atoms with E-state index < -0.39 is 55.1 Å². The van der Waals surface area contributed by atoms with Gasteiger partial charge in [-0.25, -0.2) is 0 Å². The number of hydrogen-bond acceptors (Lipinski definition) is 11. The molecule has 1 heterocycles. The van der Waals surface area contributed by atoms with E-state index in [1.54, 1.807) is 0 Å². The van der Waals surface area contributed by atoms with E-state index in [2.05, 4.69) is 0 Å². The summed E-state index contributed by atoms with van der Waals surface area (Å²) in [6, 6.07) is 9.80. The van der Waals surface area contributed by atoms with Crippen LogP contribution in [-0.4, -0.2) is 74.9 Å². The van der Waals surface area contributed by atoms with Crippen LogP contribution in [0, 0.1) is 5.92 Å². The quantitative estimate of drug-likeness (QED) is 0.219. The van der Waals surface area contributed by atoms with Crippen LogP contribution in [0.5, 0.6) is 0 Å². The second-order valence-corrected chi connectivity index (χ2v) is 8.33. The Bertz CT molecular complexity index is 849. The Kier molecular flexibility index (Phi) is 12.3. The molecule has 11 heteroatoms. The summed E-state index contributed by atoms with van der Waals surface area (Å²) in [5, 5.41) is 0. The maximum Gasteiger partial charge on any atom is 0.303 e. The van der Waals surface area contributed by atoms with Crippen molar-refractivity contribution in [1.29, 1.82) is 0 Å². The lowest BCUT2D eigenvalue weighted by molar-refractivity contribution is -0.272. The van der Waals surface area contributed by atoms with E-state index in [1.165, 1.54) is 13.8 Å². The molecule has 2 rings (SSSR count). The molecule has 1 fully saturated rings. The molecular formula is C25H34O11. The molecule has 1 aromatic rings. The number of carbonyl (C=O) groups excluding carboxylic acids is 4. The fourth-order valence-electron chi connectivity index (χ4n) is 3.55. The minimum Gasteiger partial charge on any atom is -0.462 e. The first-order chi connectivity index (χ1) is 17.2. The zero-order valence-electron chi connectivity index (χ0n) is 21.0. The molecule has 0 aromatic heterocycles. The lowest BCUT2D eigenvalue weighted by Gasteiger charge is -2.38. The highest BCUT2D eigenvalue weighted by molar-refractivity contribution is 5.68. The van der Waals surface area contributed by atoms with Gasteiger partial charge in [0.25, 0.3) is 0 Å². The SMILES string of the molecule is CC(=O)OC[C@@H](OC(C)=O)[C@@H](OC(C)=O)[C@@H](OC(C)=O)C1OCC(CCOCc2ccccc2)CO1. The van der Waals surface area contributed by atoms with Crippen LogP contribution in [0.3, 0.4) is 0 Å². The number of hydrogen-bond donors (Lipinski definition) is 0. The first-order valence-electron chi connectivity index (χ1n) is 11.7. The predicted octanol–water partition coefficient (Wildman–Crippen LogP) is 1.94. The molecule has 0 aliphatic carbocycles. The van der Waals surface area contributed by atoms with Crippen LogP contribution in [0.1, 0.15) is 39.7 Å². The van der Waals surface area contributed by atoms with Crippen molar-refractivity contribution < 1.29 is 52.3 Å². The number of benzene rings is 1. The van der Waals surface area contributed by atoms with Gasteiger partial charge >= 0.3 is 23.9 Å². The highest BCUT2D eigenvalue weighted by Gasteiger charge is 2.45. The molecule has 1 saturated heterocycles. The fraction of sp³-hybridized carbons (Fsp3) is 0.600. The monoisotopic (exact) mass is 510 g/mol. The van der Waals surface area contributed by atoms with E-state index in [1.807, 2.05) is 30.3 Å². The number of carbonyl (C=O) groups is 4. The molecule has 0 amide bonds. The van der Waals surface area contributed by atoms with Gasteiger partial charge in [-0.2, -0.15) is 0 Å². The zero-order valence-corrected chi connectivity index (χ0v) is 21.0. The van der Waals surface area contributed by atoms with Crippen molar-refractivity contribution in [3.63, 3.8) is 0 Å². The number of ether oxygens (including phenoxy) is 7. The predicted molar refractivity (Wildman–Crippen MR) is 123 cm³/mol. The second kappa shape index (κ2) is 15.2. The Morgan fingerprint density at radius 3 is 2.03 bits per heavy atom. The van der Waals surface area contributed by atoms with E-state index in [4.69, 9.17) is 33.2 Å². The van der Waals surface area contributed by atoms with Crippen molar-refractivity contribution in [2.75, 3.05) is 26.4 Å². The van der Waals surface area contributed by atoms with E-state index in [0.29, 0.717) is 19.6 Å². The van der Waals surface area contributed by atoms with Gasteiger partial charge in [0.1, 0.15) is 6.61 Å². The van der Waals surface area contributed by atoms with Crippen LogP contribution in [0.25, 0.3) is 0 Å². The van der Waals surface area contributed by atoms with Gasteiger partial charge < -0.3 is 33.2 Å². The van der Waals surface area contributed by atoms with E-state index in [-0.39, 0.29) is 19.1 Å². The highest BCUT2D eigenvalue weighted by atomic mass is 16.7. The van der Waals surface area contributed by atoms with E-state index >= 15 is 0 Å². The summed E-state index contributed by atoms with van der Waals surface area (Å²) in [6.45, 7) is 5.73. The van der Waals surface area contributed by atoms with Gasteiger partial charge in [-0.15, -0.1) is 0 Å². The highest BCUT2D eigenvalue weighted by Crippen LogP contribution is 2.25. The lowest BCUT2D eigenvalue weighted by Crippen LogP contribution is -2.55. The van der Waals surface area contributed by atoms with E-state index in [0.717, 1.165) is 19.4 Å². The summed E-state index contributed by atoms with van der Waals surface area (Å²) in [4.78, 5) is 46.7. The molecular weight excluding hydrogens is 476 g/mol. The van der Waals surface area contributed by atoms with Crippen molar-refractivity contribution in [2.45, 2.75) is 65.3 Å². The lowest BCUT2D eigenvalue weighted by atomic mass is 10.0. The van der Waals surface area contributed by atoms with E-state index in [9.17, 15) is 19.2 Å². The largest absolute Gasteiger partial charge is 0.462 e. The first-order valence-corrected chi connectivity index (χ1v) is 11.7.